The van der Waals surface area contributed by atoms with E-state index in [0.29, 0.717) is 12.8 Å². The van der Waals surface area contributed by atoms with E-state index >= 15 is 0 Å². The van der Waals surface area contributed by atoms with Crippen molar-refractivity contribution in [3.8, 4) is 0 Å². The Bertz CT molecular complexity index is 676. The molecule has 4 nitrogen and oxygen atoms in total. The third-order valence-corrected chi connectivity index (χ3v) is 3.63. The highest BCUT2D eigenvalue weighted by atomic mass is 16.6. The number of carbonyl (C=O) groups excluding carboxylic acids is 1. The van der Waals surface area contributed by atoms with Gasteiger partial charge in [0.25, 0.3) is 0 Å². The van der Waals surface area contributed by atoms with Gasteiger partial charge in [-0.1, -0.05) is 42.5 Å². The molecule has 2 aromatic rings. The number of hydrogen-bond donors (Lipinski definition) is 1. The number of fused-ring (bicyclic) bond motifs is 1. The summed E-state index contributed by atoms with van der Waals surface area (Å²) in [6.45, 7) is 5.42. The lowest BCUT2D eigenvalue weighted by Crippen LogP contribution is -2.40. The number of nitrogens with zero attached hydrogens (tertiary/aromatic N) is 1. The molecule has 124 valence electrons. The Balaban J connectivity index is 1.94. The molecular weight excluding hydrogens is 290 g/mol. The van der Waals surface area contributed by atoms with Gasteiger partial charge in [0.2, 0.25) is 0 Å². The number of ether oxygens (including phenoxy) is 1. The van der Waals surface area contributed by atoms with E-state index in [4.69, 9.17) is 4.74 Å². The van der Waals surface area contributed by atoms with Crippen molar-refractivity contribution in [2.45, 2.75) is 45.4 Å². The fourth-order valence-corrected chi connectivity index (χ4v) is 2.34. The molecule has 0 aliphatic heterocycles. The van der Waals surface area contributed by atoms with Crippen molar-refractivity contribution in [2.24, 2.45) is 0 Å². The summed E-state index contributed by atoms with van der Waals surface area (Å²) in [5.74, 6) is 0. The molecule has 2 aromatic carbocycles. The van der Waals surface area contributed by atoms with Crippen LogP contribution < -0.4 is 0 Å². The smallest absolute Gasteiger partial charge is 0.412 e. The third kappa shape index (κ3) is 4.96. The molecule has 1 N–H and O–H groups in total. The first-order valence-electron chi connectivity index (χ1n) is 7.88. The fraction of sp³-hybridized carbons (Fsp3) is 0.421. The van der Waals surface area contributed by atoms with Crippen LogP contribution in [0.15, 0.2) is 42.5 Å². The zero-order chi connectivity index (χ0) is 17.0. The second kappa shape index (κ2) is 7.01. The van der Waals surface area contributed by atoms with E-state index in [2.05, 4.69) is 30.3 Å². The number of amides is 1. The third-order valence-electron chi connectivity index (χ3n) is 3.63. The van der Waals surface area contributed by atoms with Gasteiger partial charge in [0.15, 0.2) is 0 Å². The predicted molar refractivity (Wildman–Crippen MR) is 92.3 cm³/mol. The minimum atomic E-state index is -0.865. The average Bonchev–Trinajstić information content (AvgIpc) is 2.50. The van der Waals surface area contributed by atoms with E-state index in [9.17, 15) is 9.90 Å². The average molecular weight is 315 g/mol. The number of aryl methyl sites for hydroxylation is 1. The zero-order valence-electron chi connectivity index (χ0n) is 14.2. The lowest BCUT2D eigenvalue weighted by atomic mass is 10.0. The van der Waals surface area contributed by atoms with Crippen molar-refractivity contribution in [2.75, 3.05) is 7.05 Å². The number of rotatable bonds is 4. The van der Waals surface area contributed by atoms with Crippen LogP contribution in [0, 0.1) is 0 Å². The molecule has 1 atom stereocenters. The minimum Gasteiger partial charge on any atom is -0.444 e. The van der Waals surface area contributed by atoms with Crippen LogP contribution in [0.2, 0.25) is 0 Å². The Morgan fingerprint density at radius 1 is 1.17 bits per heavy atom. The van der Waals surface area contributed by atoms with Crippen LogP contribution in [-0.2, 0) is 11.2 Å². The highest BCUT2D eigenvalue weighted by molar-refractivity contribution is 5.82. The Kier molecular flexibility index (Phi) is 5.26. The van der Waals surface area contributed by atoms with E-state index in [1.54, 1.807) is 27.8 Å². The number of benzene rings is 2. The summed E-state index contributed by atoms with van der Waals surface area (Å²) in [7, 11) is 1.55. The minimum absolute atomic E-state index is 0.466. The van der Waals surface area contributed by atoms with Crippen LogP contribution in [0.1, 0.15) is 32.8 Å². The van der Waals surface area contributed by atoms with Crippen molar-refractivity contribution in [1.82, 2.24) is 4.90 Å². The predicted octanol–water partition coefficient (Wildman–Crippen LogP) is 3.96. The van der Waals surface area contributed by atoms with Crippen molar-refractivity contribution >= 4 is 16.9 Å². The van der Waals surface area contributed by atoms with Gasteiger partial charge in [-0.15, -0.1) is 0 Å². The number of aliphatic hydroxyl groups excluding tert-OH is 1. The largest absolute Gasteiger partial charge is 0.444 e. The summed E-state index contributed by atoms with van der Waals surface area (Å²) in [6.07, 6.45) is -0.215. The van der Waals surface area contributed by atoms with E-state index < -0.39 is 17.9 Å². The van der Waals surface area contributed by atoms with Crippen LogP contribution in [0.4, 0.5) is 4.79 Å². The molecule has 0 fully saturated rings. The molecular formula is C19H25NO3. The molecule has 0 radical (unpaired) electrons. The quantitative estimate of drug-likeness (QED) is 0.869. The molecule has 0 aromatic heterocycles. The van der Waals surface area contributed by atoms with Crippen molar-refractivity contribution in [1.29, 1.82) is 0 Å². The van der Waals surface area contributed by atoms with E-state index in [0.717, 1.165) is 5.56 Å². The molecule has 2 rings (SSSR count). The Morgan fingerprint density at radius 2 is 1.83 bits per heavy atom. The second-order valence-electron chi connectivity index (χ2n) is 6.79. The van der Waals surface area contributed by atoms with Crippen molar-refractivity contribution < 1.29 is 14.6 Å². The maximum Gasteiger partial charge on any atom is 0.412 e. The van der Waals surface area contributed by atoms with Crippen LogP contribution >= 0.6 is 0 Å². The summed E-state index contributed by atoms with van der Waals surface area (Å²) < 4.78 is 5.26. The van der Waals surface area contributed by atoms with Gasteiger partial charge in [0.05, 0.1) is 0 Å². The lowest BCUT2D eigenvalue weighted by molar-refractivity contribution is -0.0222. The number of carbonyl (C=O) groups is 1. The normalized spacial score (nSPS) is 12.9. The molecule has 0 bridgehead atoms. The topological polar surface area (TPSA) is 49.8 Å². The van der Waals surface area contributed by atoms with Crippen LogP contribution in [0.5, 0.6) is 0 Å². The highest BCUT2D eigenvalue weighted by Crippen LogP contribution is 2.18. The molecule has 23 heavy (non-hydrogen) atoms. The Morgan fingerprint density at radius 3 is 2.48 bits per heavy atom. The van der Waals surface area contributed by atoms with Gasteiger partial charge < -0.3 is 9.84 Å². The second-order valence-corrected chi connectivity index (χ2v) is 6.79. The monoisotopic (exact) mass is 315 g/mol. The lowest BCUT2D eigenvalue weighted by Gasteiger charge is -2.27. The number of aliphatic hydroxyl groups is 1. The molecule has 4 heteroatoms. The van der Waals surface area contributed by atoms with Crippen molar-refractivity contribution in [3.63, 3.8) is 0 Å². The first-order valence-corrected chi connectivity index (χ1v) is 7.88. The van der Waals surface area contributed by atoms with Crippen LogP contribution in [0.3, 0.4) is 0 Å². The molecule has 0 saturated heterocycles. The first-order chi connectivity index (χ1) is 10.8. The zero-order valence-corrected chi connectivity index (χ0v) is 14.2. The summed E-state index contributed by atoms with van der Waals surface area (Å²) in [5.41, 5.74) is 0.573. The van der Waals surface area contributed by atoms with Gasteiger partial charge in [-0.2, -0.15) is 0 Å². The SMILES string of the molecule is CN(C(=O)OC(C)(C)C)[C@H](O)CCc1ccc2ccccc2c1. The van der Waals surface area contributed by atoms with E-state index in [1.165, 1.54) is 15.7 Å². The molecule has 1 amide bonds. The maximum atomic E-state index is 11.9. The maximum absolute atomic E-state index is 11.9. The van der Waals surface area contributed by atoms with Gasteiger partial charge >= 0.3 is 6.09 Å². The molecule has 0 aliphatic rings. The van der Waals surface area contributed by atoms with Gasteiger partial charge in [0.1, 0.15) is 11.8 Å². The first kappa shape index (κ1) is 17.3. The van der Waals surface area contributed by atoms with Crippen LogP contribution in [-0.4, -0.2) is 35.0 Å². The van der Waals surface area contributed by atoms with Crippen molar-refractivity contribution in [3.05, 3.63) is 48.0 Å². The Labute approximate surface area is 137 Å². The summed E-state index contributed by atoms with van der Waals surface area (Å²) in [4.78, 5) is 13.2. The van der Waals surface area contributed by atoms with Gasteiger partial charge in [0, 0.05) is 7.05 Å². The van der Waals surface area contributed by atoms with E-state index in [1.807, 2.05) is 12.1 Å². The van der Waals surface area contributed by atoms with Gasteiger partial charge in [-0.05, 0) is 49.9 Å². The summed E-state index contributed by atoms with van der Waals surface area (Å²) in [6, 6.07) is 14.4. The molecule has 0 saturated carbocycles. The standard InChI is InChI=1S/C19H25NO3/c1-19(2,3)23-18(22)20(4)17(21)12-10-14-9-11-15-7-5-6-8-16(15)13-14/h5-9,11,13,17,21H,10,12H2,1-4H3/t17-/m1/s1. The fourth-order valence-electron chi connectivity index (χ4n) is 2.34. The van der Waals surface area contributed by atoms with E-state index in [-0.39, 0.29) is 0 Å². The molecule has 0 aliphatic carbocycles. The van der Waals surface area contributed by atoms with Gasteiger partial charge in [-0.3, -0.25) is 4.90 Å². The van der Waals surface area contributed by atoms with Gasteiger partial charge in [-0.25, -0.2) is 4.79 Å². The molecule has 0 heterocycles. The summed E-state index contributed by atoms with van der Waals surface area (Å²) >= 11 is 0. The Hall–Kier alpha value is -2.07. The molecule has 0 unspecified atom stereocenters. The molecule has 0 spiro atoms. The highest BCUT2D eigenvalue weighted by Gasteiger charge is 2.23. The van der Waals surface area contributed by atoms with Crippen LogP contribution in [0.25, 0.3) is 10.8 Å². The number of hydrogen-bond acceptors (Lipinski definition) is 3. The summed E-state index contributed by atoms with van der Waals surface area (Å²) in [5, 5.41) is 12.6.